The molecule has 0 spiro atoms. The Labute approximate surface area is 163 Å². The Bertz CT molecular complexity index is 1070. The number of aryl methyl sites for hydroxylation is 1. The van der Waals surface area contributed by atoms with E-state index in [-0.39, 0.29) is 23.2 Å². The Morgan fingerprint density at radius 1 is 1.18 bits per heavy atom. The third kappa shape index (κ3) is 3.38. The van der Waals surface area contributed by atoms with Gasteiger partial charge in [-0.1, -0.05) is 49.7 Å². The number of aromatic nitrogens is 2. The van der Waals surface area contributed by atoms with E-state index in [0.29, 0.717) is 30.3 Å². The highest BCUT2D eigenvalue weighted by atomic mass is 16.5. The van der Waals surface area contributed by atoms with Crippen molar-refractivity contribution < 1.29 is 9.53 Å². The minimum absolute atomic E-state index is 0.144. The molecule has 6 heteroatoms. The normalized spacial score (nSPS) is 15.7. The fourth-order valence-corrected chi connectivity index (χ4v) is 3.58. The zero-order chi connectivity index (χ0) is 19.5. The molecule has 1 aliphatic heterocycles. The van der Waals surface area contributed by atoms with Crippen LogP contribution in [0.2, 0.25) is 0 Å². The Morgan fingerprint density at radius 2 is 1.93 bits per heavy atom. The largest absolute Gasteiger partial charge is 0.493 e. The topological polar surface area (TPSA) is 73.2 Å². The SMILES string of the molecule is CCCCn1nc(C(=O)N[C@@H]2CCOc3ccccc32)c2ccccc2c1=O. The summed E-state index contributed by atoms with van der Waals surface area (Å²) in [6.45, 7) is 3.11. The van der Waals surface area contributed by atoms with Crippen molar-refractivity contribution >= 4 is 16.7 Å². The number of unbranched alkanes of at least 4 members (excludes halogenated alkanes) is 1. The molecule has 1 aromatic heterocycles. The van der Waals surface area contributed by atoms with Crippen LogP contribution in [-0.2, 0) is 6.54 Å². The molecular formula is C22H23N3O3. The monoisotopic (exact) mass is 377 g/mol. The van der Waals surface area contributed by atoms with Gasteiger partial charge in [-0.05, 0) is 18.6 Å². The van der Waals surface area contributed by atoms with Crippen LogP contribution in [0.5, 0.6) is 5.75 Å². The number of rotatable bonds is 5. The fraction of sp³-hybridized carbons (Fsp3) is 0.318. The molecule has 3 aromatic rings. The van der Waals surface area contributed by atoms with Crippen LogP contribution < -0.4 is 15.6 Å². The summed E-state index contributed by atoms with van der Waals surface area (Å²) in [5.41, 5.74) is 1.10. The standard InChI is InChI=1S/C22H23N3O3/c1-2-3-13-25-22(27)16-9-5-4-8-15(16)20(24-25)21(26)23-18-12-14-28-19-11-7-6-10-17(18)19/h4-11,18H,2-3,12-14H2,1H3,(H,23,26)/t18-/m1/s1. The van der Waals surface area contributed by atoms with Gasteiger partial charge in [-0.3, -0.25) is 9.59 Å². The quantitative estimate of drug-likeness (QED) is 0.739. The second kappa shape index (κ2) is 7.84. The predicted octanol–water partition coefficient (Wildman–Crippen LogP) is 3.45. The van der Waals surface area contributed by atoms with Crippen molar-refractivity contribution in [3.05, 3.63) is 70.1 Å². The van der Waals surface area contributed by atoms with Gasteiger partial charge in [0.05, 0.1) is 18.0 Å². The molecule has 4 rings (SSSR count). The summed E-state index contributed by atoms with van der Waals surface area (Å²) >= 11 is 0. The van der Waals surface area contributed by atoms with Gasteiger partial charge >= 0.3 is 0 Å². The van der Waals surface area contributed by atoms with E-state index in [2.05, 4.69) is 17.3 Å². The van der Waals surface area contributed by atoms with Crippen molar-refractivity contribution in [3.63, 3.8) is 0 Å². The zero-order valence-corrected chi connectivity index (χ0v) is 15.9. The lowest BCUT2D eigenvalue weighted by Gasteiger charge is -2.26. The van der Waals surface area contributed by atoms with E-state index in [1.807, 2.05) is 36.4 Å². The highest BCUT2D eigenvalue weighted by Crippen LogP contribution is 2.31. The number of hydrogen-bond acceptors (Lipinski definition) is 4. The summed E-state index contributed by atoms with van der Waals surface area (Å²) in [6, 6.07) is 14.7. The van der Waals surface area contributed by atoms with Gasteiger partial charge in [0.15, 0.2) is 5.69 Å². The number of amides is 1. The molecule has 0 radical (unpaired) electrons. The molecule has 0 unspecified atom stereocenters. The van der Waals surface area contributed by atoms with Crippen LogP contribution in [-0.4, -0.2) is 22.3 Å². The van der Waals surface area contributed by atoms with E-state index in [1.54, 1.807) is 12.1 Å². The molecule has 0 saturated heterocycles. The highest BCUT2D eigenvalue weighted by Gasteiger charge is 2.25. The lowest BCUT2D eigenvalue weighted by atomic mass is 10.00. The van der Waals surface area contributed by atoms with Gasteiger partial charge in [0, 0.05) is 23.9 Å². The number of carbonyl (C=O) groups is 1. The van der Waals surface area contributed by atoms with Crippen LogP contribution in [0.3, 0.4) is 0 Å². The third-order valence-corrected chi connectivity index (χ3v) is 5.07. The molecule has 0 saturated carbocycles. The van der Waals surface area contributed by atoms with Crippen molar-refractivity contribution in [2.75, 3.05) is 6.61 Å². The average Bonchev–Trinajstić information content (AvgIpc) is 2.73. The molecule has 0 fully saturated rings. The summed E-state index contributed by atoms with van der Waals surface area (Å²) < 4.78 is 7.09. The number of carbonyl (C=O) groups excluding carboxylic acids is 1. The van der Waals surface area contributed by atoms with Gasteiger partial charge in [0.1, 0.15) is 5.75 Å². The summed E-state index contributed by atoms with van der Waals surface area (Å²) in [7, 11) is 0. The Balaban J connectivity index is 1.72. The third-order valence-electron chi connectivity index (χ3n) is 5.07. The maximum absolute atomic E-state index is 13.1. The molecule has 2 heterocycles. The van der Waals surface area contributed by atoms with E-state index >= 15 is 0 Å². The Hall–Kier alpha value is -3.15. The first-order chi connectivity index (χ1) is 13.7. The van der Waals surface area contributed by atoms with Gasteiger partial charge in [-0.15, -0.1) is 0 Å². The van der Waals surface area contributed by atoms with Crippen molar-refractivity contribution in [2.24, 2.45) is 0 Å². The van der Waals surface area contributed by atoms with Crippen LogP contribution in [0.25, 0.3) is 10.8 Å². The summed E-state index contributed by atoms with van der Waals surface area (Å²) in [5, 5.41) is 8.61. The Morgan fingerprint density at radius 3 is 2.75 bits per heavy atom. The van der Waals surface area contributed by atoms with Crippen LogP contribution in [0.4, 0.5) is 0 Å². The summed E-state index contributed by atoms with van der Waals surface area (Å²) in [5.74, 6) is 0.521. The van der Waals surface area contributed by atoms with Crippen molar-refractivity contribution in [3.8, 4) is 5.75 Å². The zero-order valence-electron chi connectivity index (χ0n) is 15.9. The van der Waals surface area contributed by atoms with Crippen LogP contribution >= 0.6 is 0 Å². The summed E-state index contributed by atoms with van der Waals surface area (Å²) in [6.07, 6.45) is 2.47. The molecule has 1 atom stereocenters. The van der Waals surface area contributed by atoms with Crippen molar-refractivity contribution in [1.82, 2.24) is 15.1 Å². The summed E-state index contributed by atoms with van der Waals surface area (Å²) in [4.78, 5) is 25.9. The number of nitrogens with zero attached hydrogens (tertiary/aromatic N) is 2. The second-order valence-corrected chi connectivity index (χ2v) is 6.98. The second-order valence-electron chi connectivity index (χ2n) is 6.98. The van der Waals surface area contributed by atoms with E-state index in [9.17, 15) is 9.59 Å². The number of fused-ring (bicyclic) bond motifs is 2. The molecule has 1 aliphatic rings. The van der Waals surface area contributed by atoms with Gasteiger partial charge < -0.3 is 10.1 Å². The number of nitrogens with one attached hydrogen (secondary N) is 1. The highest BCUT2D eigenvalue weighted by molar-refractivity contribution is 6.04. The molecular weight excluding hydrogens is 354 g/mol. The maximum atomic E-state index is 13.1. The van der Waals surface area contributed by atoms with Crippen LogP contribution in [0, 0.1) is 0 Å². The lowest BCUT2D eigenvalue weighted by Crippen LogP contribution is -2.35. The van der Waals surface area contributed by atoms with E-state index in [0.717, 1.165) is 24.2 Å². The number of para-hydroxylation sites is 1. The van der Waals surface area contributed by atoms with Crippen molar-refractivity contribution in [1.29, 1.82) is 0 Å². The molecule has 0 bridgehead atoms. The molecule has 1 N–H and O–H groups in total. The average molecular weight is 377 g/mol. The maximum Gasteiger partial charge on any atom is 0.274 e. The van der Waals surface area contributed by atoms with E-state index < -0.39 is 0 Å². The number of benzene rings is 2. The number of hydrogen-bond donors (Lipinski definition) is 1. The lowest BCUT2D eigenvalue weighted by molar-refractivity contribution is 0.0919. The van der Waals surface area contributed by atoms with Gasteiger partial charge in [-0.2, -0.15) is 5.10 Å². The van der Waals surface area contributed by atoms with Gasteiger partial charge in [0.25, 0.3) is 11.5 Å². The van der Waals surface area contributed by atoms with E-state index in [1.165, 1.54) is 4.68 Å². The predicted molar refractivity (Wildman–Crippen MR) is 108 cm³/mol. The smallest absolute Gasteiger partial charge is 0.274 e. The first-order valence-electron chi connectivity index (χ1n) is 9.71. The van der Waals surface area contributed by atoms with E-state index in [4.69, 9.17) is 4.74 Å². The minimum Gasteiger partial charge on any atom is -0.493 e. The molecule has 0 aliphatic carbocycles. The molecule has 28 heavy (non-hydrogen) atoms. The van der Waals surface area contributed by atoms with Gasteiger partial charge in [0.2, 0.25) is 0 Å². The van der Waals surface area contributed by atoms with Crippen molar-refractivity contribution in [2.45, 2.75) is 38.8 Å². The number of ether oxygens (including phenoxy) is 1. The molecule has 144 valence electrons. The van der Waals surface area contributed by atoms with Gasteiger partial charge in [-0.25, -0.2) is 4.68 Å². The molecule has 1 amide bonds. The molecule has 6 nitrogen and oxygen atoms in total. The fourth-order valence-electron chi connectivity index (χ4n) is 3.58. The van der Waals surface area contributed by atoms with Crippen LogP contribution in [0.15, 0.2) is 53.3 Å². The first kappa shape index (κ1) is 18.2. The first-order valence-corrected chi connectivity index (χ1v) is 9.71. The minimum atomic E-state index is -0.275. The van der Waals surface area contributed by atoms with Crippen LogP contribution in [0.1, 0.15) is 48.3 Å². The molecule has 2 aromatic carbocycles. The Kier molecular flexibility index (Phi) is 5.10.